The highest BCUT2D eigenvalue weighted by Gasteiger charge is 2.12. The van der Waals surface area contributed by atoms with Crippen molar-refractivity contribution in [1.82, 2.24) is 0 Å². The van der Waals surface area contributed by atoms with Crippen LogP contribution in [0.1, 0.15) is 0 Å². The monoisotopic (exact) mass is 366 g/mol. The van der Waals surface area contributed by atoms with Crippen molar-refractivity contribution in [3.05, 3.63) is 55.8 Å². The minimum Gasteiger partial charge on any atom is -0.206 e. The number of hydrogen-bond donors (Lipinski definition) is 0. The van der Waals surface area contributed by atoms with Crippen molar-refractivity contribution in [2.75, 3.05) is 0 Å². The van der Waals surface area contributed by atoms with E-state index in [2.05, 4.69) is 22.6 Å². The van der Waals surface area contributed by atoms with E-state index in [1.165, 1.54) is 6.07 Å². The molecule has 0 N–H and O–H groups in total. The SMILES string of the molecule is Fc1cccc(Cl)c1-c1ccc(Cl)cc1I. The molecule has 4 heteroatoms. The highest BCUT2D eigenvalue weighted by atomic mass is 127. The number of rotatable bonds is 1. The molecule has 2 aromatic carbocycles. The minimum absolute atomic E-state index is 0.326. The molecule has 0 aliphatic carbocycles. The molecule has 0 aliphatic rings. The van der Waals surface area contributed by atoms with Gasteiger partial charge in [-0.05, 0) is 52.4 Å². The topological polar surface area (TPSA) is 0 Å². The Balaban J connectivity index is 2.68. The third-order valence-corrected chi connectivity index (χ3v) is 3.61. The summed E-state index contributed by atoms with van der Waals surface area (Å²) in [6, 6.07) is 9.93. The summed E-state index contributed by atoms with van der Waals surface area (Å²) in [5.41, 5.74) is 1.18. The molecule has 0 bridgehead atoms. The smallest absolute Gasteiger partial charge is 0.132 e. The number of hydrogen-bond acceptors (Lipinski definition) is 0. The Bertz CT molecular complexity index is 520. The second kappa shape index (κ2) is 4.90. The van der Waals surface area contributed by atoms with Gasteiger partial charge in [0.25, 0.3) is 0 Å². The quantitative estimate of drug-likeness (QED) is 0.592. The van der Waals surface area contributed by atoms with Gasteiger partial charge in [0.05, 0.1) is 5.02 Å². The van der Waals surface area contributed by atoms with Crippen LogP contribution in [0.3, 0.4) is 0 Å². The van der Waals surface area contributed by atoms with Gasteiger partial charge in [0.15, 0.2) is 0 Å². The minimum atomic E-state index is -0.326. The first-order chi connectivity index (χ1) is 7.59. The lowest BCUT2D eigenvalue weighted by Gasteiger charge is -2.08. The van der Waals surface area contributed by atoms with Crippen molar-refractivity contribution in [2.24, 2.45) is 0 Å². The van der Waals surface area contributed by atoms with Crippen LogP contribution in [-0.2, 0) is 0 Å². The van der Waals surface area contributed by atoms with E-state index in [9.17, 15) is 4.39 Å². The number of halogens is 4. The first kappa shape index (κ1) is 12.1. The van der Waals surface area contributed by atoms with Gasteiger partial charge < -0.3 is 0 Å². The van der Waals surface area contributed by atoms with Crippen molar-refractivity contribution in [3.63, 3.8) is 0 Å². The van der Waals surface area contributed by atoms with E-state index in [-0.39, 0.29) is 5.82 Å². The van der Waals surface area contributed by atoms with Crippen molar-refractivity contribution in [2.45, 2.75) is 0 Å². The fraction of sp³-hybridized carbons (Fsp3) is 0. The molecule has 0 spiro atoms. The number of benzene rings is 2. The van der Waals surface area contributed by atoms with E-state index < -0.39 is 0 Å². The Kier molecular flexibility index (Phi) is 3.72. The molecular formula is C12H6Cl2FI. The maximum Gasteiger partial charge on any atom is 0.132 e. The molecule has 82 valence electrons. The van der Waals surface area contributed by atoms with E-state index in [0.717, 1.165) is 9.13 Å². The van der Waals surface area contributed by atoms with Crippen molar-refractivity contribution < 1.29 is 4.39 Å². The highest BCUT2D eigenvalue weighted by molar-refractivity contribution is 14.1. The van der Waals surface area contributed by atoms with Crippen LogP contribution in [0.5, 0.6) is 0 Å². The molecule has 0 nitrogen and oxygen atoms in total. The molecule has 2 rings (SSSR count). The van der Waals surface area contributed by atoms with E-state index in [4.69, 9.17) is 23.2 Å². The summed E-state index contributed by atoms with van der Waals surface area (Å²) in [5.74, 6) is -0.326. The van der Waals surface area contributed by atoms with E-state index in [1.807, 2.05) is 0 Å². The molecule has 2 aromatic rings. The zero-order valence-corrected chi connectivity index (χ0v) is 11.6. The highest BCUT2D eigenvalue weighted by Crippen LogP contribution is 2.34. The summed E-state index contributed by atoms with van der Waals surface area (Å²) in [7, 11) is 0. The van der Waals surface area contributed by atoms with Gasteiger partial charge in [0, 0.05) is 14.2 Å². The van der Waals surface area contributed by atoms with E-state index >= 15 is 0 Å². The molecule has 0 aliphatic heterocycles. The van der Waals surface area contributed by atoms with Crippen LogP contribution in [0.2, 0.25) is 10.0 Å². The lowest BCUT2D eigenvalue weighted by atomic mass is 10.1. The molecule has 0 aromatic heterocycles. The fourth-order valence-electron chi connectivity index (χ4n) is 1.45. The van der Waals surface area contributed by atoms with Gasteiger partial charge in [-0.2, -0.15) is 0 Å². The molecule has 0 saturated carbocycles. The van der Waals surface area contributed by atoms with E-state index in [0.29, 0.717) is 15.6 Å². The predicted molar refractivity (Wildman–Crippen MR) is 74.6 cm³/mol. The standard InChI is InChI=1S/C12H6Cl2FI/c13-7-4-5-8(11(16)6-7)12-9(14)2-1-3-10(12)15/h1-6H. The first-order valence-corrected chi connectivity index (χ1v) is 6.32. The third-order valence-electron chi connectivity index (χ3n) is 2.16. The zero-order valence-electron chi connectivity index (χ0n) is 7.98. The molecule has 0 fully saturated rings. The van der Waals surface area contributed by atoms with Gasteiger partial charge in [-0.1, -0.05) is 35.3 Å². The Morgan fingerprint density at radius 3 is 2.44 bits per heavy atom. The van der Waals surface area contributed by atoms with E-state index in [1.54, 1.807) is 30.3 Å². The van der Waals surface area contributed by atoms with Crippen LogP contribution in [-0.4, -0.2) is 0 Å². The summed E-state index contributed by atoms with van der Waals surface area (Å²) in [6.45, 7) is 0. The Morgan fingerprint density at radius 1 is 1.06 bits per heavy atom. The van der Waals surface area contributed by atoms with Gasteiger partial charge in [0.1, 0.15) is 5.82 Å². The summed E-state index contributed by atoms with van der Waals surface area (Å²) in [6.07, 6.45) is 0. The average molecular weight is 367 g/mol. The molecular weight excluding hydrogens is 361 g/mol. The maximum absolute atomic E-state index is 13.7. The normalized spacial score (nSPS) is 10.5. The lowest BCUT2D eigenvalue weighted by Crippen LogP contribution is -1.88. The van der Waals surface area contributed by atoms with Crippen LogP contribution in [0, 0.1) is 9.39 Å². The maximum atomic E-state index is 13.7. The Hall–Kier alpha value is -0.320. The molecule has 0 heterocycles. The summed E-state index contributed by atoms with van der Waals surface area (Å²) in [4.78, 5) is 0. The Labute approximate surface area is 117 Å². The zero-order chi connectivity index (χ0) is 11.7. The molecule has 0 atom stereocenters. The predicted octanol–water partition coefficient (Wildman–Crippen LogP) is 5.40. The van der Waals surface area contributed by atoms with Crippen LogP contribution in [0.25, 0.3) is 11.1 Å². The van der Waals surface area contributed by atoms with Gasteiger partial charge in [-0.25, -0.2) is 4.39 Å². The largest absolute Gasteiger partial charge is 0.206 e. The third kappa shape index (κ3) is 2.34. The summed E-state index contributed by atoms with van der Waals surface area (Å²) in [5, 5.41) is 1.03. The van der Waals surface area contributed by atoms with Gasteiger partial charge in [-0.3, -0.25) is 0 Å². The Morgan fingerprint density at radius 2 is 1.81 bits per heavy atom. The van der Waals surface area contributed by atoms with Crippen LogP contribution in [0.15, 0.2) is 36.4 Å². The lowest BCUT2D eigenvalue weighted by molar-refractivity contribution is 0.631. The van der Waals surface area contributed by atoms with Gasteiger partial charge >= 0.3 is 0 Å². The van der Waals surface area contributed by atoms with Crippen LogP contribution in [0.4, 0.5) is 4.39 Å². The second-order valence-electron chi connectivity index (χ2n) is 3.22. The molecule has 0 saturated heterocycles. The molecule has 16 heavy (non-hydrogen) atoms. The summed E-state index contributed by atoms with van der Waals surface area (Å²) >= 11 is 14.0. The van der Waals surface area contributed by atoms with Crippen molar-refractivity contribution in [3.8, 4) is 11.1 Å². The van der Waals surface area contributed by atoms with Crippen molar-refractivity contribution in [1.29, 1.82) is 0 Å². The van der Waals surface area contributed by atoms with Gasteiger partial charge in [-0.15, -0.1) is 0 Å². The first-order valence-electron chi connectivity index (χ1n) is 4.49. The average Bonchev–Trinajstić information content (AvgIpc) is 2.20. The molecule has 0 radical (unpaired) electrons. The fourth-order valence-corrected chi connectivity index (χ4v) is 2.85. The molecule has 0 unspecified atom stereocenters. The summed E-state index contributed by atoms with van der Waals surface area (Å²) < 4.78 is 14.6. The molecule has 0 amide bonds. The van der Waals surface area contributed by atoms with Gasteiger partial charge in [0.2, 0.25) is 0 Å². The van der Waals surface area contributed by atoms with Crippen LogP contribution >= 0.6 is 45.8 Å². The van der Waals surface area contributed by atoms with Crippen molar-refractivity contribution >= 4 is 45.8 Å². The van der Waals surface area contributed by atoms with Crippen LogP contribution < -0.4 is 0 Å². The second-order valence-corrected chi connectivity index (χ2v) is 5.23.